The lowest BCUT2D eigenvalue weighted by Crippen LogP contribution is -2.49. The van der Waals surface area contributed by atoms with Crippen LogP contribution in [0.1, 0.15) is 39.2 Å². The number of methoxy groups -OCH3 is 2. The van der Waals surface area contributed by atoms with Crippen molar-refractivity contribution in [2.45, 2.75) is 52.1 Å². The third-order valence-electron chi connectivity index (χ3n) is 5.06. The number of likely N-dealkylation sites (tertiary alicyclic amines) is 1. The first kappa shape index (κ1) is 21.4. The van der Waals surface area contributed by atoms with Crippen LogP contribution in [0.15, 0.2) is 23.2 Å². The van der Waals surface area contributed by atoms with Crippen LogP contribution in [0.2, 0.25) is 0 Å². The van der Waals surface area contributed by atoms with Gasteiger partial charge in [-0.25, -0.2) is 0 Å². The van der Waals surface area contributed by atoms with Gasteiger partial charge in [-0.2, -0.15) is 0 Å². The van der Waals surface area contributed by atoms with Crippen molar-refractivity contribution < 1.29 is 9.47 Å². The Hall–Kier alpha value is -1.95. The van der Waals surface area contributed by atoms with E-state index in [4.69, 9.17) is 14.5 Å². The Kier molecular flexibility index (Phi) is 8.72. The van der Waals surface area contributed by atoms with Crippen molar-refractivity contribution in [2.24, 2.45) is 4.99 Å². The molecule has 0 bridgehead atoms. The normalized spacial score (nSPS) is 16.4. The molecule has 1 aliphatic rings. The lowest BCUT2D eigenvalue weighted by atomic mass is 10.0. The van der Waals surface area contributed by atoms with Crippen molar-refractivity contribution in [1.82, 2.24) is 15.5 Å². The summed E-state index contributed by atoms with van der Waals surface area (Å²) in [5.74, 6) is 2.44. The molecule has 1 aromatic rings. The number of ether oxygens (including phenoxy) is 2. The number of hydrogen-bond acceptors (Lipinski definition) is 4. The number of nitrogens with zero attached hydrogens (tertiary/aromatic N) is 2. The smallest absolute Gasteiger partial charge is 0.191 e. The summed E-state index contributed by atoms with van der Waals surface area (Å²) in [6, 6.07) is 7.17. The molecule has 0 unspecified atom stereocenters. The van der Waals surface area contributed by atoms with Gasteiger partial charge in [0.25, 0.3) is 0 Å². The molecule has 0 atom stereocenters. The Morgan fingerprint density at radius 2 is 1.89 bits per heavy atom. The topological polar surface area (TPSA) is 58.1 Å². The quantitative estimate of drug-likeness (QED) is 0.540. The fourth-order valence-corrected chi connectivity index (χ4v) is 3.41. The third-order valence-corrected chi connectivity index (χ3v) is 5.06. The van der Waals surface area contributed by atoms with Crippen LogP contribution in [-0.2, 0) is 6.42 Å². The molecule has 0 radical (unpaired) electrons. The number of nitrogens with one attached hydrogen (secondary N) is 2. The molecular formula is C21H36N4O2. The van der Waals surface area contributed by atoms with E-state index >= 15 is 0 Å². The zero-order chi connectivity index (χ0) is 19.6. The highest BCUT2D eigenvalue weighted by Gasteiger charge is 2.21. The minimum absolute atomic E-state index is 0.499. The predicted octanol–water partition coefficient (Wildman–Crippen LogP) is 2.67. The number of piperidine rings is 1. The first-order valence-corrected chi connectivity index (χ1v) is 10.1. The number of benzene rings is 1. The molecule has 1 aromatic carbocycles. The van der Waals surface area contributed by atoms with E-state index in [0.717, 1.165) is 62.9 Å². The summed E-state index contributed by atoms with van der Waals surface area (Å²) in [6.07, 6.45) is 3.19. The van der Waals surface area contributed by atoms with Crippen molar-refractivity contribution in [3.8, 4) is 11.5 Å². The minimum atomic E-state index is 0.499. The molecule has 1 aliphatic heterocycles. The van der Waals surface area contributed by atoms with E-state index < -0.39 is 0 Å². The monoisotopic (exact) mass is 376 g/mol. The van der Waals surface area contributed by atoms with Crippen LogP contribution in [0.4, 0.5) is 0 Å². The lowest BCUT2D eigenvalue weighted by molar-refractivity contribution is 0.167. The van der Waals surface area contributed by atoms with Crippen LogP contribution in [0, 0.1) is 0 Å². The molecule has 0 saturated carbocycles. The summed E-state index contributed by atoms with van der Waals surface area (Å²) in [4.78, 5) is 7.30. The van der Waals surface area contributed by atoms with E-state index in [-0.39, 0.29) is 0 Å². The van der Waals surface area contributed by atoms with Crippen LogP contribution in [0.25, 0.3) is 0 Å². The molecule has 1 heterocycles. The highest BCUT2D eigenvalue weighted by Crippen LogP contribution is 2.27. The van der Waals surface area contributed by atoms with E-state index in [9.17, 15) is 0 Å². The maximum absolute atomic E-state index is 5.38. The van der Waals surface area contributed by atoms with Gasteiger partial charge >= 0.3 is 0 Å². The highest BCUT2D eigenvalue weighted by molar-refractivity contribution is 5.80. The van der Waals surface area contributed by atoms with Gasteiger partial charge in [0, 0.05) is 38.3 Å². The molecule has 2 rings (SSSR count). The van der Waals surface area contributed by atoms with Crippen molar-refractivity contribution >= 4 is 5.96 Å². The zero-order valence-corrected chi connectivity index (χ0v) is 17.5. The fraction of sp³-hybridized carbons (Fsp3) is 0.667. The number of rotatable bonds is 8. The van der Waals surface area contributed by atoms with Gasteiger partial charge in [0.1, 0.15) is 0 Å². The predicted molar refractivity (Wildman–Crippen MR) is 112 cm³/mol. The molecular weight excluding hydrogens is 340 g/mol. The van der Waals surface area contributed by atoms with E-state index in [2.05, 4.69) is 42.4 Å². The van der Waals surface area contributed by atoms with Crippen molar-refractivity contribution in [1.29, 1.82) is 0 Å². The summed E-state index contributed by atoms with van der Waals surface area (Å²) in [6.45, 7) is 10.6. The van der Waals surface area contributed by atoms with Crippen LogP contribution in [0.3, 0.4) is 0 Å². The molecule has 0 aromatic heterocycles. The SMILES string of the molecule is CCNC(=NCCc1ccc(OC)c(OC)c1)NC1CCN(C(C)C)CC1. The van der Waals surface area contributed by atoms with Crippen LogP contribution < -0.4 is 20.1 Å². The average molecular weight is 377 g/mol. The highest BCUT2D eigenvalue weighted by atomic mass is 16.5. The van der Waals surface area contributed by atoms with Crippen molar-refractivity contribution in [3.05, 3.63) is 23.8 Å². The Bertz CT molecular complexity index is 596. The van der Waals surface area contributed by atoms with Crippen molar-refractivity contribution in [3.63, 3.8) is 0 Å². The van der Waals surface area contributed by atoms with E-state index in [1.165, 1.54) is 5.56 Å². The summed E-state index contributed by atoms with van der Waals surface area (Å²) in [5, 5.41) is 6.98. The third kappa shape index (κ3) is 6.61. The van der Waals surface area contributed by atoms with E-state index in [1.807, 2.05) is 12.1 Å². The summed E-state index contributed by atoms with van der Waals surface area (Å²) >= 11 is 0. The van der Waals surface area contributed by atoms with Crippen LogP contribution in [0.5, 0.6) is 11.5 Å². The van der Waals surface area contributed by atoms with E-state index in [0.29, 0.717) is 12.1 Å². The van der Waals surface area contributed by atoms with E-state index in [1.54, 1.807) is 14.2 Å². The van der Waals surface area contributed by atoms with Gasteiger partial charge in [-0.15, -0.1) is 0 Å². The summed E-state index contributed by atoms with van der Waals surface area (Å²) < 4.78 is 10.7. The molecule has 6 nitrogen and oxygen atoms in total. The van der Waals surface area contributed by atoms with Crippen molar-refractivity contribution in [2.75, 3.05) is 40.4 Å². The molecule has 0 amide bonds. The molecule has 6 heteroatoms. The zero-order valence-electron chi connectivity index (χ0n) is 17.5. The van der Waals surface area contributed by atoms with Gasteiger partial charge in [0.15, 0.2) is 17.5 Å². The molecule has 1 fully saturated rings. The molecule has 2 N–H and O–H groups in total. The molecule has 0 spiro atoms. The fourth-order valence-electron chi connectivity index (χ4n) is 3.41. The van der Waals surface area contributed by atoms with Gasteiger partial charge in [-0.1, -0.05) is 6.07 Å². The average Bonchev–Trinajstić information content (AvgIpc) is 2.68. The molecule has 27 heavy (non-hydrogen) atoms. The Morgan fingerprint density at radius 3 is 2.48 bits per heavy atom. The van der Waals surface area contributed by atoms with Crippen LogP contribution in [-0.4, -0.2) is 63.3 Å². The Balaban J connectivity index is 1.88. The largest absolute Gasteiger partial charge is 0.493 e. The first-order chi connectivity index (χ1) is 13.1. The summed E-state index contributed by atoms with van der Waals surface area (Å²) in [5.41, 5.74) is 1.19. The summed E-state index contributed by atoms with van der Waals surface area (Å²) in [7, 11) is 3.32. The molecule has 152 valence electrons. The van der Waals surface area contributed by atoms with Gasteiger partial charge in [-0.3, -0.25) is 4.99 Å². The number of aliphatic imine (C=N–C) groups is 1. The minimum Gasteiger partial charge on any atom is -0.493 e. The van der Waals surface area contributed by atoms with Gasteiger partial charge in [0.05, 0.1) is 14.2 Å². The maximum atomic E-state index is 5.38. The standard InChI is InChI=1S/C21H36N4O2/c1-6-22-21(24-18-10-13-25(14-11-18)16(2)3)23-12-9-17-7-8-19(26-4)20(15-17)27-5/h7-8,15-16,18H,6,9-14H2,1-5H3,(H2,22,23,24). The second-order valence-electron chi connectivity index (χ2n) is 7.25. The molecule has 1 saturated heterocycles. The number of guanidine groups is 1. The Labute approximate surface area is 164 Å². The Morgan fingerprint density at radius 1 is 1.19 bits per heavy atom. The van der Waals surface area contributed by atoms with Gasteiger partial charge < -0.3 is 25.0 Å². The second kappa shape index (κ2) is 11.0. The number of hydrogen-bond donors (Lipinski definition) is 2. The first-order valence-electron chi connectivity index (χ1n) is 10.1. The molecule has 0 aliphatic carbocycles. The second-order valence-corrected chi connectivity index (χ2v) is 7.25. The lowest BCUT2D eigenvalue weighted by Gasteiger charge is -2.35. The van der Waals surface area contributed by atoms with Gasteiger partial charge in [-0.05, 0) is 57.7 Å². The van der Waals surface area contributed by atoms with Crippen LogP contribution >= 0.6 is 0 Å². The van der Waals surface area contributed by atoms with Gasteiger partial charge in [0.2, 0.25) is 0 Å². The maximum Gasteiger partial charge on any atom is 0.191 e.